The van der Waals surface area contributed by atoms with Gasteiger partial charge in [0.2, 0.25) is 5.91 Å². The van der Waals surface area contributed by atoms with Crippen LogP contribution < -0.4 is 11.1 Å². The molecule has 0 atom stereocenters. The van der Waals surface area contributed by atoms with Crippen molar-refractivity contribution in [3.05, 3.63) is 0 Å². The Balaban J connectivity index is 3.14. The molecule has 1 amide bonds. The molecule has 0 bridgehead atoms. The van der Waals surface area contributed by atoms with Crippen molar-refractivity contribution in [1.29, 1.82) is 0 Å². The largest absolute Gasteiger partial charge is 0.356 e. The Labute approximate surface area is 98.0 Å². The summed E-state index contributed by atoms with van der Waals surface area (Å²) in [7, 11) is 0. The molecule has 4 heteroatoms. The van der Waals surface area contributed by atoms with Crippen LogP contribution in [0.5, 0.6) is 0 Å². The lowest BCUT2D eigenvalue weighted by atomic mass is 10.2. The van der Waals surface area contributed by atoms with Crippen LogP contribution in [0.4, 0.5) is 0 Å². The Bertz CT molecular complexity index is 184. The van der Waals surface area contributed by atoms with Crippen LogP contribution in [0.25, 0.3) is 0 Å². The molecule has 0 heterocycles. The quantitative estimate of drug-likeness (QED) is 0.414. The molecule has 4 nitrogen and oxygen atoms in total. The van der Waals surface area contributed by atoms with Gasteiger partial charge in [0.25, 0.3) is 0 Å². The zero-order chi connectivity index (χ0) is 12.1. The van der Waals surface area contributed by atoms with Crippen molar-refractivity contribution < 1.29 is 9.59 Å². The first-order chi connectivity index (χ1) is 7.81. The lowest BCUT2D eigenvalue weighted by molar-refractivity contribution is -0.121. The molecule has 0 fully saturated rings. The van der Waals surface area contributed by atoms with Gasteiger partial charge in [0.15, 0.2) is 0 Å². The first-order valence-electron chi connectivity index (χ1n) is 6.21. The van der Waals surface area contributed by atoms with Gasteiger partial charge in [0, 0.05) is 19.4 Å². The van der Waals surface area contributed by atoms with Crippen LogP contribution in [0, 0.1) is 0 Å². The van der Waals surface area contributed by atoms with Gasteiger partial charge in [0.05, 0.1) is 0 Å². The lowest BCUT2D eigenvalue weighted by Crippen LogP contribution is -2.24. The van der Waals surface area contributed by atoms with Crippen molar-refractivity contribution in [3.63, 3.8) is 0 Å². The van der Waals surface area contributed by atoms with Gasteiger partial charge in [-0.1, -0.05) is 12.8 Å². The van der Waals surface area contributed by atoms with Crippen LogP contribution in [0.2, 0.25) is 0 Å². The first kappa shape index (κ1) is 15.1. The molecule has 0 aliphatic rings. The summed E-state index contributed by atoms with van der Waals surface area (Å²) in [5.74, 6) is 0.102. The number of carbonyl (C=O) groups is 2. The second kappa shape index (κ2) is 12.2. The minimum Gasteiger partial charge on any atom is -0.356 e. The highest BCUT2D eigenvalue weighted by atomic mass is 16.1. The van der Waals surface area contributed by atoms with E-state index in [4.69, 9.17) is 5.73 Å². The normalized spacial score (nSPS) is 10.1. The molecule has 3 N–H and O–H groups in total. The van der Waals surface area contributed by atoms with Crippen molar-refractivity contribution in [1.82, 2.24) is 5.32 Å². The number of aldehydes is 1. The summed E-state index contributed by atoms with van der Waals surface area (Å²) in [6.07, 6.45) is 7.98. The second-order valence-electron chi connectivity index (χ2n) is 3.97. The summed E-state index contributed by atoms with van der Waals surface area (Å²) in [5.41, 5.74) is 5.38. The highest BCUT2D eigenvalue weighted by Crippen LogP contribution is 1.99. The first-order valence-corrected chi connectivity index (χ1v) is 6.21. The minimum atomic E-state index is 0.102. The van der Waals surface area contributed by atoms with E-state index in [-0.39, 0.29) is 5.91 Å². The van der Waals surface area contributed by atoms with Crippen LogP contribution in [-0.4, -0.2) is 25.3 Å². The van der Waals surface area contributed by atoms with E-state index in [1.54, 1.807) is 0 Å². The lowest BCUT2D eigenvalue weighted by Gasteiger charge is -2.04. The fraction of sp³-hybridized carbons (Fsp3) is 0.833. The van der Waals surface area contributed by atoms with Crippen molar-refractivity contribution in [2.24, 2.45) is 5.73 Å². The van der Waals surface area contributed by atoms with E-state index in [1.807, 2.05) is 0 Å². The molecule has 16 heavy (non-hydrogen) atoms. The number of hydrogen-bond donors (Lipinski definition) is 2. The smallest absolute Gasteiger partial charge is 0.219 e. The van der Waals surface area contributed by atoms with Crippen LogP contribution in [0.1, 0.15) is 51.4 Å². The molecular weight excluding hydrogens is 204 g/mol. The molecule has 0 aliphatic carbocycles. The van der Waals surface area contributed by atoms with Crippen LogP contribution >= 0.6 is 0 Å². The summed E-state index contributed by atoms with van der Waals surface area (Å²) >= 11 is 0. The second-order valence-corrected chi connectivity index (χ2v) is 3.97. The minimum absolute atomic E-state index is 0.102. The number of amides is 1. The van der Waals surface area contributed by atoms with Crippen molar-refractivity contribution >= 4 is 12.2 Å². The molecule has 0 aliphatic heterocycles. The molecule has 0 aromatic heterocycles. The molecule has 0 aromatic carbocycles. The van der Waals surface area contributed by atoms with Crippen LogP contribution in [-0.2, 0) is 9.59 Å². The Hall–Kier alpha value is -0.900. The maximum absolute atomic E-state index is 11.3. The third-order valence-corrected chi connectivity index (χ3v) is 2.43. The third kappa shape index (κ3) is 11.2. The number of rotatable bonds is 11. The molecule has 0 aromatic rings. The number of hydrogen-bond acceptors (Lipinski definition) is 3. The molecule has 0 saturated carbocycles. The highest BCUT2D eigenvalue weighted by molar-refractivity contribution is 5.75. The number of carbonyl (C=O) groups excluding carboxylic acids is 2. The van der Waals surface area contributed by atoms with Crippen molar-refractivity contribution in [2.45, 2.75) is 51.4 Å². The van der Waals surface area contributed by atoms with E-state index in [0.717, 1.165) is 57.9 Å². The van der Waals surface area contributed by atoms with Gasteiger partial charge >= 0.3 is 0 Å². The average molecular weight is 228 g/mol. The van der Waals surface area contributed by atoms with Crippen LogP contribution in [0.3, 0.4) is 0 Å². The van der Waals surface area contributed by atoms with Gasteiger partial charge in [-0.05, 0) is 32.2 Å². The molecule has 0 radical (unpaired) electrons. The zero-order valence-corrected chi connectivity index (χ0v) is 10.0. The zero-order valence-electron chi connectivity index (χ0n) is 10.0. The van der Waals surface area contributed by atoms with E-state index in [1.165, 1.54) is 0 Å². The van der Waals surface area contributed by atoms with E-state index >= 15 is 0 Å². The van der Waals surface area contributed by atoms with E-state index in [9.17, 15) is 9.59 Å². The molecule has 0 rings (SSSR count). The summed E-state index contributed by atoms with van der Waals surface area (Å²) in [5, 5.41) is 2.88. The summed E-state index contributed by atoms with van der Waals surface area (Å²) in [6, 6.07) is 0. The molecule has 0 unspecified atom stereocenters. The monoisotopic (exact) mass is 228 g/mol. The number of unbranched alkanes of at least 4 members (excludes halogenated alkanes) is 5. The highest BCUT2D eigenvalue weighted by Gasteiger charge is 1.99. The van der Waals surface area contributed by atoms with Gasteiger partial charge < -0.3 is 15.8 Å². The van der Waals surface area contributed by atoms with Gasteiger partial charge in [-0.15, -0.1) is 0 Å². The third-order valence-electron chi connectivity index (χ3n) is 2.43. The summed E-state index contributed by atoms with van der Waals surface area (Å²) in [6.45, 7) is 1.51. The Morgan fingerprint density at radius 2 is 1.81 bits per heavy atom. The van der Waals surface area contributed by atoms with Crippen LogP contribution in [0.15, 0.2) is 0 Å². The summed E-state index contributed by atoms with van der Waals surface area (Å²) < 4.78 is 0. The maximum atomic E-state index is 11.3. The van der Waals surface area contributed by atoms with E-state index in [2.05, 4.69) is 5.32 Å². The number of nitrogens with two attached hydrogens (primary N) is 1. The van der Waals surface area contributed by atoms with Gasteiger partial charge in [-0.3, -0.25) is 4.79 Å². The Kier molecular flexibility index (Phi) is 11.5. The maximum Gasteiger partial charge on any atom is 0.219 e. The molecule has 0 saturated heterocycles. The predicted molar refractivity (Wildman–Crippen MR) is 65.1 cm³/mol. The van der Waals surface area contributed by atoms with E-state index in [0.29, 0.717) is 12.8 Å². The van der Waals surface area contributed by atoms with Gasteiger partial charge in [-0.25, -0.2) is 0 Å². The van der Waals surface area contributed by atoms with Gasteiger partial charge in [0.1, 0.15) is 6.29 Å². The fourth-order valence-corrected chi connectivity index (χ4v) is 1.45. The standard InChI is InChI=1S/C12H24N2O2/c13-9-5-1-2-6-10-14-12(16)8-4-3-7-11-15/h11H,1-10,13H2,(H,14,16). The Morgan fingerprint density at radius 3 is 2.50 bits per heavy atom. The van der Waals surface area contributed by atoms with Gasteiger partial charge in [-0.2, -0.15) is 0 Å². The Morgan fingerprint density at radius 1 is 1.06 bits per heavy atom. The van der Waals surface area contributed by atoms with Crippen molar-refractivity contribution in [2.75, 3.05) is 13.1 Å². The van der Waals surface area contributed by atoms with E-state index < -0.39 is 0 Å². The topological polar surface area (TPSA) is 72.2 Å². The average Bonchev–Trinajstić information content (AvgIpc) is 2.29. The molecular formula is C12H24N2O2. The predicted octanol–water partition coefficient (Wildman–Crippen LogP) is 1.38. The molecule has 94 valence electrons. The summed E-state index contributed by atoms with van der Waals surface area (Å²) in [4.78, 5) is 21.3. The number of nitrogens with one attached hydrogen (secondary N) is 1. The van der Waals surface area contributed by atoms with Crippen molar-refractivity contribution in [3.8, 4) is 0 Å². The SMILES string of the molecule is NCCCCCCNC(=O)CCCCC=O. The fourth-order valence-electron chi connectivity index (χ4n) is 1.45. The molecule has 0 spiro atoms.